The molecule has 0 aliphatic carbocycles. The van der Waals surface area contributed by atoms with Crippen molar-refractivity contribution in [3.8, 4) is 0 Å². The smallest absolute Gasteiger partial charge is 0.250 e. The Morgan fingerprint density at radius 1 is 1.52 bits per heavy atom. The van der Waals surface area contributed by atoms with Crippen LogP contribution in [0.5, 0.6) is 0 Å². The maximum atomic E-state index is 12.1. The first-order chi connectivity index (χ1) is 9.88. The summed E-state index contributed by atoms with van der Waals surface area (Å²) in [6.07, 6.45) is 1.72. The van der Waals surface area contributed by atoms with Crippen molar-refractivity contribution in [3.05, 3.63) is 17.5 Å². The van der Waals surface area contributed by atoms with Crippen LogP contribution in [0, 0.1) is 0 Å². The Hall–Kier alpha value is -0.960. The Kier molecular flexibility index (Phi) is 5.37. The molecule has 1 aliphatic heterocycles. The van der Waals surface area contributed by atoms with Gasteiger partial charge in [-0.2, -0.15) is 4.72 Å². The predicted octanol–water partition coefficient (Wildman–Crippen LogP) is 0.672. The summed E-state index contributed by atoms with van der Waals surface area (Å²) in [6.45, 7) is 4.49. The average Bonchev–Trinajstić information content (AvgIpc) is 2.92. The van der Waals surface area contributed by atoms with Gasteiger partial charge in [0.05, 0.1) is 6.04 Å². The van der Waals surface area contributed by atoms with Gasteiger partial charge < -0.3 is 10.6 Å². The van der Waals surface area contributed by atoms with Crippen LogP contribution in [-0.4, -0.2) is 39.0 Å². The predicted molar refractivity (Wildman–Crippen MR) is 82.7 cm³/mol. The maximum Gasteiger partial charge on any atom is 0.250 e. The van der Waals surface area contributed by atoms with Crippen molar-refractivity contribution in [1.29, 1.82) is 0 Å². The maximum absolute atomic E-state index is 12.1. The SMILES string of the molecule is CC1CC(NC(=O)C(C)NS(=O)(=O)c2cccs2)CCN1. The van der Waals surface area contributed by atoms with Crippen LogP contribution in [0.3, 0.4) is 0 Å². The van der Waals surface area contributed by atoms with Gasteiger partial charge in [-0.3, -0.25) is 4.79 Å². The van der Waals surface area contributed by atoms with Gasteiger partial charge in [0.1, 0.15) is 4.21 Å². The second-order valence-electron chi connectivity index (χ2n) is 5.36. The topological polar surface area (TPSA) is 87.3 Å². The van der Waals surface area contributed by atoms with Gasteiger partial charge >= 0.3 is 0 Å². The number of hydrogen-bond donors (Lipinski definition) is 3. The van der Waals surface area contributed by atoms with E-state index in [1.807, 2.05) is 0 Å². The lowest BCUT2D eigenvalue weighted by molar-refractivity contribution is -0.123. The van der Waals surface area contributed by atoms with Gasteiger partial charge in [-0.15, -0.1) is 11.3 Å². The quantitative estimate of drug-likeness (QED) is 0.740. The molecular weight excluding hydrogens is 310 g/mol. The monoisotopic (exact) mass is 331 g/mol. The fraction of sp³-hybridized carbons (Fsp3) is 0.615. The molecule has 1 fully saturated rings. The normalized spacial score (nSPS) is 24.5. The Bertz CT molecular complexity index is 571. The van der Waals surface area contributed by atoms with Crippen molar-refractivity contribution >= 4 is 27.3 Å². The van der Waals surface area contributed by atoms with Crippen molar-refractivity contribution in [3.63, 3.8) is 0 Å². The molecule has 0 radical (unpaired) electrons. The zero-order chi connectivity index (χ0) is 15.5. The first-order valence-electron chi connectivity index (χ1n) is 6.98. The molecular formula is C13H21N3O3S2. The zero-order valence-electron chi connectivity index (χ0n) is 12.1. The lowest BCUT2D eigenvalue weighted by Gasteiger charge is -2.29. The summed E-state index contributed by atoms with van der Waals surface area (Å²) >= 11 is 1.13. The van der Waals surface area contributed by atoms with Gasteiger partial charge in [0.15, 0.2) is 0 Å². The van der Waals surface area contributed by atoms with E-state index in [9.17, 15) is 13.2 Å². The minimum absolute atomic E-state index is 0.0995. The highest BCUT2D eigenvalue weighted by atomic mass is 32.2. The first-order valence-corrected chi connectivity index (χ1v) is 9.34. The summed E-state index contributed by atoms with van der Waals surface area (Å²) in [4.78, 5) is 12.1. The van der Waals surface area contributed by atoms with E-state index >= 15 is 0 Å². The van der Waals surface area contributed by atoms with Crippen molar-refractivity contribution < 1.29 is 13.2 Å². The van der Waals surface area contributed by atoms with Gasteiger partial charge in [0.2, 0.25) is 5.91 Å². The number of carbonyl (C=O) groups is 1. The molecule has 1 aromatic rings. The molecule has 0 aromatic carbocycles. The second-order valence-corrected chi connectivity index (χ2v) is 8.25. The summed E-state index contributed by atoms with van der Waals surface area (Å²) < 4.78 is 26.8. The molecule has 0 bridgehead atoms. The van der Waals surface area contributed by atoms with E-state index in [2.05, 4.69) is 22.3 Å². The molecule has 1 saturated heterocycles. The average molecular weight is 331 g/mol. The first kappa shape index (κ1) is 16.4. The molecule has 1 aliphatic rings. The number of piperidine rings is 1. The fourth-order valence-corrected chi connectivity index (χ4v) is 4.56. The van der Waals surface area contributed by atoms with Gasteiger partial charge in [-0.25, -0.2) is 8.42 Å². The molecule has 21 heavy (non-hydrogen) atoms. The van der Waals surface area contributed by atoms with Crippen LogP contribution in [0.15, 0.2) is 21.7 Å². The van der Waals surface area contributed by atoms with E-state index in [-0.39, 0.29) is 16.2 Å². The Morgan fingerprint density at radius 3 is 2.90 bits per heavy atom. The zero-order valence-corrected chi connectivity index (χ0v) is 13.8. The number of thiophene rings is 1. The van der Waals surface area contributed by atoms with Crippen LogP contribution in [0.4, 0.5) is 0 Å². The van der Waals surface area contributed by atoms with E-state index in [1.165, 1.54) is 6.07 Å². The van der Waals surface area contributed by atoms with Gasteiger partial charge in [-0.05, 0) is 44.7 Å². The number of carbonyl (C=O) groups excluding carboxylic acids is 1. The largest absolute Gasteiger partial charge is 0.352 e. The van der Waals surface area contributed by atoms with E-state index in [0.29, 0.717) is 6.04 Å². The van der Waals surface area contributed by atoms with Crippen molar-refractivity contribution in [2.75, 3.05) is 6.54 Å². The van der Waals surface area contributed by atoms with E-state index in [4.69, 9.17) is 0 Å². The third-order valence-electron chi connectivity index (χ3n) is 3.46. The Morgan fingerprint density at radius 2 is 2.29 bits per heavy atom. The van der Waals surface area contributed by atoms with Gasteiger partial charge in [0, 0.05) is 12.1 Å². The second kappa shape index (κ2) is 6.87. The molecule has 0 saturated carbocycles. The molecule has 2 rings (SSSR count). The van der Waals surface area contributed by atoms with Crippen LogP contribution >= 0.6 is 11.3 Å². The highest BCUT2D eigenvalue weighted by molar-refractivity contribution is 7.91. The van der Waals surface area contributed by atoms with E-state index in [0.717, 1.165) is 30.7 Å². The minimum Gasteiger partial charge on any atom is -0.352 e. The Labute approximate surface area is 129 Å². The molecule has 0 spiro atoms. The minimum atomic E-state index is -3.62. The van der Waals surface area contributed by atoms with Crippen molar-refractivity contribution in [1.82, 2.24) is 15.4 Å². The molecule has 1 aromatic heterocycles. The highest BCUT2D eigenvalue weighted by Gasteiger charge is 2.26. The third-order valence-corrected chi connectivity index (χ3v) is 6.39. The molecule has 1 amide bonds. The van der Waals surface area contributed by atoms with Gasteiger partial charge in [-0.1, -0.05) is 6.07 Å². The highest BCUT2D eigenvalue weighted by Crippen LogP contribution is 2.16. The van der Waals surface area contributed by atoms with Crippen molar-refractivity contribution in [2.45, 2.75) is 49.0 Å². The number of sulfonamides is 1. The van der Waals surface area contributed by atoms with Crippen LogP contribution in [0.25, 0.3) is 0 Å². The van der Waals surface area contributed by atoms with Gasteiger partial charge in [0.25, 0.3) is 10.0 Å². The summed E-state index contributed by atoms with van der Waals surface area (Å²) in [5.74, 6) is -0.283. The molecule has 3 atom stereocenters. The summed E-state index contributed by atoms with van der Waals surface area (Å²) in [6, 6.07) is 2.86. The molecule has 6 nitrogen and oxygen atoms in total. The standard InChI is InChI=1S/C13H21N3O3S2/c1-9-8-11(5-6-14-9)15-13(17)10(2)16-21(18,19)12-4-3-7-20-12/h3-4,7,9-11,14,16H,5-6,8H2,1-2H3,(H,15,17). The third kappa shape index (κ3) is 4.50. The van der Waals surface area contributed by atoms with Crippen LogP contribution in [0.2, 0.25) is 0 Å². The summed E-state index contributed by atoms with van der Waals surface area (Å²) in [5.41, 5.74) is 0. The molecule has 2 heterocycles. The number of nitrogens with one attached hydrogen (secondary N) is 3. The van der Waals surface area contributed by atoms with E-state index < -0.39 is 16.1 Å². The van der Waals surface area contributed by atoms with Crippen LogP contribution in [-0.2, 0) is 14.8 Å². The lowest BCUT2D eigenvalue weighted by Crippen LogP contribution is -2.52. The molecule has 118 valence electrons. The number of hydrogen-bond acceptors (Lipinski definition) is 5. The molecule has 8 heteroatoms. The van der Waals surface area contributed by atoms with Crippen LogP contribution in [0.1, 0.15) is 26.7 Å². The summed E-state index contributed by atoms with van der Waals surface area (Å²) in [7, 11) is -3.62. The fourth-order valence-electron chi connectivity index (χ4n) is 2.35. The van der Waals surface area contributed by atoms with Crippen molar-refractivity contribution in [2.24, 2.45) is 0 Å². The lowest BCUT2D eigenvalue weighted by atomic mass is 10.0. The number of rotatable bonds is 5. The Balaban J connectivity index is 1.91. The molecule has 3 N–H and O–H groups in total. The van der Waals surface area contributed by atoms with E-state index in [1.54, 1.807) is 18.4 Å². The summed E-state index contributed by atoms with van der Waals surface area (Å²) in [5, 5.41) is 7.91. The van der Waals surface area contributed by atoms with Crippen LogP contribution < -0.4 is 15.4 Å². The number of amides is 1. The molecule has 3 unspecified atom stereocenters.